The SMILES string of the molecule is CCC[CH2][Sn]([CH2]CCC)([CH2]CCC)[c]1nnn(-c2ccccc2F)c1C. The molecule has 0 saturated carbocycles. The molecule has 0 N–H and O–H groups in total. The first-order chi connectivity index (χ1) is 12.6. The van der Waals surface area contributed by atoms with Gasteiger partial charge in [-0.3, -0.25) is 0 Å². The van der Waals surface area contributed by atoms with E-state index in [1.807, 2.05) is 6.07 Å². The molecule has 0 saturated heterocycles. The van der Waals surface area contributed by atoms with Crippen molar-refractivity contribution in [3.8, 4) is 5.69 Å². The first kappa shape index (κ1) is 21.4. The van der Waals surface area contributed by atoms with Crippen molar-refractivity contribution in [2.75, 3.05) is 0 Å². The van der Waals surface area contributed by atoms with Crippen molar-refractivity contribution in [3.05, 3.63) is 35.8 Å². The molecule has 0 aliphatic rings. The van der Waals surface area contributed by atoms with Crippen LogP contribution in [-0.2, 0) is 0 Å². The number of nitrogens with zero attached hydrogens (tertiary/aromatic N) is 3. The molecule has 5 heteroatoms. The molecule has 0 aliphatic carbocycles. The normalized spacial score (nSPS) is 11.9. The monoisotopic (exact) mass is 467 g/mol. The van der Waals surface area contributed by atoms with Crippen molar-refractivity contribution in [2.24, 2.45) is 0 Å². The number of halogens is 1. The first-order valence-electron chi connectivity index (χ1n) is 10.3. The summed E-state index contributed by atoms with van der Waals surface area (Å²) < 4.78 is 21.4. The summed E-state index contributed by atoms with van der Waals surface area (Å²) in [4.78, 5) is 0. The van der Waals surface area contributed by atoms with Crippen LogP contribution in [-0.4, -0.2) is 33.4 Å². The third-order valence-corrected chi connectivity index (χ3v) is 20.9. The third-order valence-electron chi connectivity index (χ3n) is 5.50. The van der Waals surface area contributed by atoms with Crippen LogP contribution in [0.2, 0.25) is 13.3 Å². The average molecular weight is 466 g/mol. The molecule has 1 aromatic carbocycles. The molecule has 0 bridgehead atoms. The molecule has 0 spiro atoms. The minimum absolute atomic E-state index is 0.233. The fourth-order valence-electron chi connectivity index (χ4n) is 3.95. The quantitative estimate of drug-likeness (QED) is 0.394. The zero-order valence-electron chi connectivity index (χ0n) is 16.9. The van der Waals surface area contributed by atoms with E-state index in [4.69, 9.17) is 5.10 Å². The molecule has 2 aromatic rings. The summed E-state index contributed by atoms with van der Waals surface area (Å²) in [5.41, 5.74) is 1.60. The van der Waals surface area contributed by atoms with Gasteiger partial charge in [-0.15, -0.1) is 0 Å². The van der Waals surface area contributed by atoms with Crippen molar-refractivity contribution in [3.63, 3.8) is 0 Å². The van der Waals surface area contributed by atoms with Gasteiger partial charge in [-0.25, -0.2) is 0 Å². The van der Waals surface area contributed by atoms with Crippen molar-refractivity contribution >= 4 is 22.1 Å². The van der Waals surface area contributed by atoms with Gasteiger partial charge in [-0.05, 0) is 0 Å². The van der Waals surface area contributed by atoms with E-state index in [1.54, 1.807) is 16.8 Å². The van der Waals surface area contributed by atoms with Crippen LogP contribution in [0.15, 0.2) is 24.3 Å². The van der Waals surface area contributed by atoms with Gasteiger partial charge in [0.2, 0.25) is 0 Å². The molecule has 144 valence electrons. The molecule has 0 atom stereocenters. The fraction of sp³-hybridized carbons (Fsp3) is 0.619. The number of aromatic nitrogens is 3. The van der Waals surface area contributed by atoms with E-state index >= 15 is 0 Å². The summed E-state index contributed by atoms with van der Waals surface area (Å²) in [5, 5.41) is 9.12. The van der Waals surface area contributed by atoms with E-state index < -0.39 is 18.4 Å². The van der Waals surface area contributed by atoms with Crippen molar-refractivity contribution in [1.82, 2.24) is 15.0 Å². The molecular formula is C21H34FN3Sn. The molecule has 0 aliphatic heterocycles. The molecular weight excluding hydrogens is 432 g/mol. The molecule has 3 nitrogen and oxygen atoms in total. The second-order valence-electron chi connectivity index (χ2n) is 7.48. The fourth-order valence-corrected chi connectivity index (χ4v) is 20.2. The van der Waals surface area contributed by atoms with Crippen LogP contribution >= 0.6 is 0 Å². The summed E-state index contributed by atoms with van der Waals surface area (Å²) in [6, 6.07) is 6.88. The molecule has 2 rings (SSSR count). The Labute approximate surface area is 162 Å². The van der Waals surface area contributed by atoms with Crippen LogP contribution in [0.3, 0.4) is 0 Å². The number of benzene rings is 1. The standard InChI is InChI=1S/C9H7FN3.3C4H9.Sn/c1-7-6-11-12-13(7)9-5-3-2-4-8(9)10;3*1-3-4-2;/h2-5H,1H3;3*1,3-4H2,2H3;. The summed E-state index contributed by atoms with van der Waals surface area (Å²) >= 11 is -2.64. The molecule has 0 amide bonds. The van der Waals surface area contributed by atoms with Gasteiger partial charge in [0.15, 0.2) is 0 Å². The summed E-state index contributed by atoms with van der Waals surface area (Å²) in [7, 11) is 0. The molecule has 0 radical (unpaired) electrons. The van der Waals surface area contributed by atoms with Crippen molar-refractivity contribution in [2.45, 2.75) is 79.5 Å². The van der Waals surface area contributed by atoms with Crippen LogP contribution < -0.4 is 3.71 Å². The Morgan fingerprint density at radius 3 is 1.96 bits per heavy atom. The van der Waals surface area contributed by atoms with Gasteiger partial charge in [0.1, 0.15) is 0 Å². The van der Waals surface area contributed by atoms with Gasteiger partial charge in [-0.1, -0.05) is 0 Å². The maximum absolute atomic E-state index is 14.3. The van der Waals surface area contributed by atoms with E-state index in [1.165, 1.54) is 61.6 Å². The Kier molecular flexibility index (Phi) is 8.58. The predicted octanol–water partition coefficient (Wildman–Crippen LogP) is 5.77. The topological polar surface area (TPSA) is 30.7 Å². The van der Waals surface area contributed by atoms with Crippen LogP contribution in [0.25, 0.3) is 5.69 Å². The molecule has 0 fully saturated rings. The van der Waals surface area contributed by atoms with Crippen molar-refractivity contribution in [1.29, 1.82) is 0 Å². The number of hydrogen-bond donors (Lipinski definition) is 0. The van der Waals surface area contributed by atoms with E-state index in [0.29, 0.717) is 5.69 Å². The van der Waals surface area contributed by atoms with E-state index in [0.717, 1.165) is 5.69 Å². The average Bonchev–Trinajstić information content (AvgIpc) is 3.04. The second kappa shape index (κ2) is 10.4. The zero-order valence-corrected chi connectivity index (χ0v) is 19.7. The Bertz CT molecular complexity index is 662. The Balaban J connectivity index is 2.48. The van der Waals surface area contributed by atoms with Crippen LogP contribution in [0, 0.1) is 12.7 Å². The van der Waals surface area contributed by atoms with Gasteiger partial charge < -0.3 is 0 Å². The van der Waals surface area contributed by atoms with Gasteiger partial charge in [0.25, 0.3) is 0 Å². The summed E-state index contributed by atoms with van der Waals surface area (Å²) in [5.74, 6) is -0.233. The molecule has 1 heterocycles. The number of unbranched alkanes of at least 4 members (excludes halogenated alkanes) is 3. The summed E-state index contributed by atoms with van der Waals surface area (Å²) in [6.45, 7) is 8.93. The molecule has 26 heavy (non-hydrogen) atoms. The number of para-hydroxylation sites is 1. The van der Waals surface area contributed by atoms with Gasteiger partial charge in [-0.2, -0.15) is 0 Å². The first-order valence-corrected chi connectivity index (χ1v) is 17.8. The Morgan fingerprint density at radius 2 is 1.46 bits per heavy atom. The van der Waals surface area contributed by atoms with Crippen molar-refractivity contribution < 1.29 is 4.39 Å². The van der Waals surface area contributed by atoms with Gasteiger partial charge in [0.05, 0.1) is 0 Å². The van der Waals surface area contributed by atoms with E-state index in [-0.39, 0.29) is 5.82 Å². The third kappa shape index (κ3) is 4.87. The predicted molar refractivity (Wildman–Crippen MR) is 111 cm³/mol. The second-order valence-corrected chi connectivity index (χ2v) is 20.4. The van der Waals surface area contributed by atoms with Crippen LogP contribution in [0.5, 0.6) is 0 Å². The number of hydrogen-bond acceptors (Lipinski definition) is 2. The van der Waals surface area contributed by atoms with Crippen LogP contribution in [0.4, 0.5) is 4.39 Å². The Morgan fingerprint density at radius 1 is 0.923 bits per heavy atom. The molecule has 1 aromatic heterocycles. The molecule has 0 unspecified atom stereocenters. The maximum atomic E-state index is 14.3. The van der Waals surface area contributed by atoms with Gasteiger partial charge >= 0.3 is 162 Å². The van der Waals surface area contributed by atoms with E-state index in [9.17, 15) is 4.39 Å². The number of rotatable bonds is 11. The zero-order chi connectivity index (χ0) is 19.0. The van der Waals surface area contributed by atoms with Crippen LogP contribution in [0.1, 0.15) is 65.0 Å². The van der Waals surface area contributed by atoms with E-state index in [2.05, 4.69) is 32.9 Å². The summed E-state index contributed by atoms with van der Waals surface area (Å²) in [6.07, 6.45) is 7.56. The van der Waals surface area contributed by atoms with Gasteiger partial charge in [0, 0.05) is 0 Å². The minimum atomic E-state index is -2.64. The Hall–Kier alpha value is -0.911.